The van der Waals surface area contributed by atoms with Crippen molar-refractivity contribution >= 4 is 34.2 Å². The maximum atomic E-state index is 12.6. The van der Waals surface area contributed by atoms with Crippen LogP contribution in [0.5, 0.6) is 0 Å². The number of nitrogens with two attached hydrogens (primary N) is 1. The molecule has 1 aliphatic carbocycles. The van der Waals surface area contributed by atoms with Crippen LogP contribution in [0.25, 0.3) is 0 Å². The molecule has 204 valence electrons. The molecule has 8 heteroatoms. The molecule has 0 radical (unpaired) electrons. The van der Waals surface area contributed by atoms with E-state index in [4.69, 9.17) is 5.73 Å². The van der Waals surface area contributed by atoms with E-state index >= 15 is 0 Å². The number of hydrogen-bond acceptors (Lipinski definition) is 8. The Morgan fingerprint density at radius 2 is 1.18 bits per heavy atom. The van der Waals surface area contributed by atoms with Crippen LogP contribution in [0.3, 0.4) is 0 Å². The Hall–Kier alpha value is -3.62. The Bertz CT molecular complexity index is 1110. The third-order valence-corrected chi connectivity index (χ3v) is 6.71. The number of carbonyl (C=O) groups excluding carboxylic acids is 1. The van der Waals surface area contributed by atoms with Gasteiger partial charge in [-0.1, -0.05) is 27.7 Å². The van der Waals surface area contributed by atoms with Crippen LogP contribution in [0, 0.1) is 0 Å². The molecule has 2 aromatic carbocycles. The summed E-state index contributed by atoms with van der Waals surface area (Å²) in [6.07, 6.45) is 3.14. The average Bonchev–Trinajstić information content (AvgIpc) is 2.93. The van der Waals surface area contributed by atoms with Crippen LogP contribution in [0.4, 0.5) is 22.7 Å². The van der Waals surface area contributed by atoms with Crippen molar-refractivity contribution in [1.82, 2.24) is 9.80 Å². The van der Waals surface area contributed by atoms with Crippen LogP contribution in [-0.4, -0.2) is 73.7 Å². The number of rotatable bonds is 15. The third-order valence-electron chi connectivity index (χ3n) is 6.71. The minimum atomic E-state index is -0.171. The fourth-order valence-corrected chi connectivity index (χ4v) is 4.19. The lowest BCUT2D eigenvalue weighted by atomic mass is 10.1. The van der Waals surface area contributed by atoms with E-state index in [2.05, 4.69) is 58.4 Å². The molecule has 38 heavy (non-hydrogen) atoms. The highest BCUT2D eigenvalue weighted by Gasteiger charge is 2.17. The van der Waals surface area contributed by atoms with E-state index in [1.807, 2.05) is 48.5 Å². The van der Waals surface area contributed by atoms with E-state index in [0.29, 0.717) is 17.1 Å². The predicted octanol–water partition coefficient (Wildman–Crippen LogP) is 4.69. The van der Waals surface area contributed by atoms with Crippen molar-refractivity contribution in [3.63, 3.8) is 0 Å². The van der Waals surface area contributed by atoms with Gasteiger partial charge in [0.15, 0.2) is 0 Å². The molecule has 3 rings (SSSR count). The molecule has 5 N–H and O–H groups in total. The zero-order chi connectivity index (χ0) is 27.3. The normalized spacial score (nSPS) is 14.6. The van der Waals surface area contributed by atoms with E-state index in [1.54, 1.807) is 6.08 Å². The summed E-state index contributed by atoms with van der Waals surface area (Å²) in [5, 5.41) is 10.1. The van der Waals surface area contributed by atoms with Crippen molar-refractivity contribution in [3.8, 4) is 0 Å². The topological polar surface area (TPSA) is 98.0 Å². The monoisotopic (exact) mass is 517 g/mol. The van der Waals surface area contributed by atoms with Crippen LogP contribution >= 0.6 is 0 Å². The smallest absolute Gasteiger partial charge is 0.204 e. The van der Waals surface area contributed by atoms with E-state index < -0.39 is 0 Å². The van der Waals surface area contributed by atoms with Gasteiger partial charge in [0.05, 0.1) is 22.8 Å². The van der Waals surface area contributed by atoms with Crippen molar-refractivity contribution in [2.75, 3.05) is 68.3 Å². The lowest BCUT2D eigenvalue weighted by molar-refractivity contribution is -0.111. The van der Waals surface area contributed by atoms with E-state index in [-0.39, 0.29) is 5.78 Å². The van der Waals surface area contributed by atoms with Crippen molar-refractivity contribution in [3.05, 3.63) is 72.1 Å². The number of anilines is 3. The standard InChI is InChI=1S/C30H43N7O/c1-5-36(6-2)19-17-32-23-9-13-25(14-10-23)34-28-22-29(30(38)21-27(28)31)35-26-15-11-24(12-16-26)33-18-20-37(7-3)8-4/h9-16,21-22,32-33,35H,5-8,17-20,31H2,1-4H3. The summed E-state index contributed by atoms with van der Waals surface area (Å²) in [6, 6.07) is 15.8. The molecule has 0 bridgehead atoms. The maximum Gasteiger partial charge on any atom is 0.204 e. The molecule has 0 aliphatic heterocycles. The van der Waals surface area contributed by atoms with Gasteiger partial charge in [0.2, 0.25) is 5.78 Å². The Balaban J connectivity index is 1.60. The molecule has 0 saturated carbocycles. The summed E-state index contributed by atoms with van der Waals surface area (Å²) in [5.41, 5.74) is 11.2. The minimum absolute atomic E-state index is 0.171. The molecule has 0 spiro atoms. The molecule has 0 aromatic heterocycles. The summed E-state index contributed by atoms with van der Waals surface area (Å²) in [4.78, 5) is 22.0. The second kappa shape index (κ2) is 15.0. The molecule has 0 heterocycles. The molecule has 2 aromatic rings. The molecule has 0 saturated heterocycles. The zero-order valence-corrected chi connectivity index (χ0v) is 23.3. The first kappa shape index (κ1) is 28.9. The third kappa shape index (κ3) is 8.75. The Kier molecular flexibility index (Phi) is 11.4. The average molecular weight is 518 g/mol. The molecular weight excluding hydrogens is 474 g/mol. The molecular formula is C30H43N7O. The van der Waals surface area contributed by atoms with Crippen LogP contribution in [0.1, 0.15) is 27.7 Å². The van der Waals surface area contributed by atoms with E-state index in [1.165, 1.54) is 6.08 Å². The van der Waals surface area contributed by atoms with Gasteiger partial charge in [0.25, 0.3) is 0 Å². The van der Waals surface area contributed by atoms with Crippen LogP contribution in [0.15, 0.2) is 77.1 Å². The molecule has 0 amide bonds. The molecule has 8 nitrogen and oxygen atoms in total. The molecule has 0 atom stereocenters. The van der Waals surface area contributed by atoms with Gasteiger partial charge in [-0.3, -0.25) is 4.79 Å². The van der Waals surface area contributed by atoms with Crippen molar-refractivity contribution in [1.29, 1.82) is 0 Å². The Morgan fingerprint density at radius 1 is 0.711 bits per heavy atom. The SMILES string of the molecule is CCN(CC)CCNc1ccc(N=C2C=C(Nc3ccc(NCCN(CC)CC)cc3)C(=O)C=C2N)cc1. The largest absolute Gasteiger partial charge is 0.397 e. The number of aliphatic imine (C=N–C) groups is 1. The summed E-state index contributed by atoms with van der Waals surface area (Å²) in [6.45, 7) is 16.7. The molecule has 1 aliphatic rings. The van der Waals surface area contributed by atoms with Gasteiger partial charge in [-0.15, -0.1) is 0 Å². The number of likely N-dealkylation sites (N-methyl/N-ethyl adjacent to an activating group) is 2. The van der Waals surface area contributed by atoms with Crippen LogP contribution < -0.4 is 21.7 Å². The fourth-order valence-electron chi connectivity index (χ4n) is 4.19. The number of carbonyl (C=O) groups is 1. The van der Waals surface area contributed by atoms with Gasteiger partial charge >= 0.3 is 0 Å². The fraction of sp³-hybridized carbons (Fsp3) is 0.400. The number of benzene rings is 2. The molecule has 0 unspecified atom stereocenters. The van der Waals surface area contributed by atoms with E-state index in [9.17, 15) is 4.79 Å². The number of nitrogens with one attached hydrogen (secondary N) is 3. The first-order valence-corrected chi connectivity index (χ1v) is 13.7. The summed E-state index contributed by atoms with van der Waals surface area (Å²) >= 11 is 0. The van der Waals surface area contributed by atoms with Gasteiger partial charge in [0.1, 0.15) is 0 Å². The first-order chi connectivity index (χ1) is 18.4. The predicted molar refractivity (Wildman–Crippen MR) is 162 cm³/mol. The Labute approximate surface area is 227 Å². The Morgan fingerprint density at radius 3 is 1.68 bits per heavy atom. The van der Waals surface area contributed by atoms with Crippen LogP contribution in [0.2, 0.25) is 0 Å². The van der Waals surface area contributed by atoms with Gasteiger partial charge in [-0.05, 0) is 80.8 Å². The summed E-state index contributed by atoms with van der Waals surface area (Å²) < 4.78 is 0. The van der Waals surface area contributed by atoms with Crippen LogP contribution in [-0.2, 0) is 4.79 Å². The zero-order valence-electron chi connectivity index (χ0n) is 23.3. The number of hydrogen-bond donors (Lipinski definition) is 4. The first-order valence-electron chi connectivity index (χ1n) is 13.7. The highest BCUT2D eigenvalue weighted by molar-refractivity contribution is 6.23. The van der Waals surface area contributed by atoms with Crippen molar-refractivity contribution < 1.29 is 4.79 Å². The van der Waals surface area contributed by atoms with Gasteiger partial charge in [-0.2, -0.15) is 0 Å². The highest BCUT2D eigenvalue weighted by atomic mass is 16.1. The second-order valence-electron chi connectivity index (χ2n) is 9.18. The summed E-state index contributed by atoms with van der Waals surface area (Å²) in [7, 11) is 0. The lowest BCUT2D eigenvalue weighted by Crippen LogP contribution is -2.28. The highest BCUT2D eigenvalue weighted by Crippen LogP contribution is 2.21. The number of ketones is 1. The van der Waals surface area contributed by atoms with E-state index in [0.717, 1.165) is 75.1 Å². The number of allylic oxidation sites excluding steroid dienone is 2. The summed E-state index contributed by atoms with van der Waals surface area (Å²) in [5.74, 6) is -0.171. The van der Waals surface area contributed by atoms with Gasteiger partial charge in [-0.25, -0.2) is 4.99 Å². The second-order valence-corrected chi connectivity index (χ2v) is 9.18. The van der Waals surface area contributed by atoms with Crippen molar-refractivity contribution in [2.45, 2.75) is 27.7 Å². The lowest BCUT2D eigenvalue weighted by Gasteiger charge is -2.18. The quantitative estimate of drug-likeness (QED) is 0.255. The van der Waals surface area contributed by atoms with Gasteiger partial charge < -0.3 is 31.5 Å². The number of nitrogens with zero attached hydrogens (tertiary/aromatic N) is 3. The van der Waals surface area contributed by atoms with Gasteiger partial charge in [0, 0.05) is 49.3 Å². The van der Waals surface area contributed by atoms with Crippen molar-refractivity contribution in [2.24, 2.45) is 10.7 Å². The maximum absolute atomic E-state index is 12.6. The minimum Gasteiger partial charge on any atom is -0.397 e. The molecule has 0 fully saturated rings.